The number of hydrogen-bond acceptors (Lipinski definition) is 1. The van der Waals surface area contributed by atoms with Crippen LogP contribution in [0.15, 0.2) is 48.5 Å². The number of fused-ring (bicyclic) bond motifs is 1. The van der Waals surface area contributed by atoms with E-state index in [0.717, 1.165) is 29.8 Å². The number of nitrogens with one attached hydrogen (secondary N) is 1. The zero-order chi connectivity index (χ0) is 18.2. The SMILES string of the molecule is CC(NC(=O)N1c2ccccc2CC1C)c1cccc(C(F)(F)F)c1. The van der Waals surface area contributed by atoms with Crippen molar-refractivity contribution in [2.45, 2.75) is 38.5 Å². The first-order valence-electron chi connectivity index (χ1n) is 8.12. The zero-order valence-corrected chi connectivity index (χ0v) is 14.0. The van der Waals surface area contributed by atoms with Crippen molar-refractivity contribution in [2.75, 3.05) is 4.90 Å². The molecule has 0 aliphatic carbocycles. The molecule has 0 bridgehead atoms. The number of benzene rings is 2. The molecule has 0 radical (unpaired) electrons. The van der Waals surface area contributed by atoms with E-state index in [1.54, 1.807) is 17.9 Å². The van der Waals surface area contributed by atoms with Crippen molar-refractivity contribution in [1.82, 2.24) is 5.32 Å². The van der Waals surface area contributed by atoms with E-state index in [4.69, 9.17) is 0 Å². The van der Waals surface area contributed by atoms with Gasteiger partial charge in [-0.15, -0.1) is 0 Å². The van der Waals surface area contributed by atoms with E-state index in [1.807, 2.05) is 31.2 Å². The molecule has 6 heteroatoms. The first-order valence-corrected chi connectivity index (χ1v) is 8.12. The third-order valence-corrected chi connectivity index (χ3v) is 4.48. The number of halogens is 3. The molecule has 2 aromatic rings. The van der Waals surface area contributed by atoms with Gasteiger partial charge in [0.2, 0.25) is 0 Å². The fourth-order valence-electron chi connectivity index (χ4n) is 3.20. The van der Waals surface area contributed by atoms with Gasteiger partial charge in [0.25, 0.3) is 0 Å². The zero-order valence-electron chi connectivity index (χ0n) is 14.0. The highest BCUT2D eigenvalue weighted by molar-refractivity contribution is 5.95. The van der Waals surface area contributed by atoms with Gasteiger partial charge in [-0.05, 0) is 49.6 Å². The van der Waals surface area contributed by atoms with E-state index < -0.39 is 17.8 Å². The molecule has 1 N–H and O–H groups in total. The Kier molecular flexibility index (Phi) is 4.45. The minimum absolute atomic E-state index is 0.00566. The number of alkyl halides is 3. The van der Waals surface area contributed by atoms with Crippen LogP contribution < -0.4 is 10.2 Å². The van der Waals surface area contributed by atoms with E-state index in [9.17, 15) is 18.0 Å². The van der Waals surface area contributed by atoms with Gasteiger partial charge >= 0.3 is 12.2 Å². The van der Waals surface area contributed by atoms with Crippen molar-refractivity contribution in [1.29, 1.82) is 0 Å². The lowest BCUT2D eigenvalue weighted by Gasteiger charge is -2.25. The molecule has 2 unspecified atom stereocenters. The third kappa shape index (κ3) is 3.48. The number of carbonyl (C=O) groups excluding carboxylic acids is 1. The molecule has 0 spiro atoms. The fourth-order valence-corrected chi connectivity index (χ4v) is 3.20. The average molecular weight is 348 g/mol. The number of carbonyl (C=O) groups is 1. The van der Waals surface area contributed by atoms with Gasteiger partial charge in [0, 0.05) is 11.7 Å². The Morgan fingerprint density at radius 1 is 1.20 bits per heavy atom. The second-order valence-corrected chi connectivity index (χ2v) is 6.35. The minimum atomic E-state index is -4.40. The van der Waals surface area contributed by atoms with Crippen LogP contribution in [-0.4, -0.2) is 12.1 Å². The predicted octanol–water partition coefficient (Wildman–Crippen LogP) is 4.93. The summed E-state index contributed by atoms with van der Waals surface area (Å²) in [6.07, 6.45) is -3.64. The van der Waals surface area contributed by atoms with Crippen LogP contribution >= 0.6 is 0 Å². The summed E-state index contributed by atoms with van der Waals surface area (Å²) in [5, 5.41) is 2.81. The lowest BCUT2D eigenvalue weighted by Crippen LogP contribution is -2.44. The Bertz CT molecular complexity index is 788. The topological polar surface area (TPSA) is 32.3 Å². The van der Waals surface area contributed by atoms with Crippen LogP contribution in [0.4, 0.5) is 23.7 Å². The Labute approximate surface area is 144 Å². The maximum Gasteiger partial charge on any atom is 0.416 e. The molecule has 2 amide bonds. The molecule has 0 fully saturated rings. The molecule has 132 valence electrons. The molecule has 1 aliphatic heterocycles. The van der Waals surface area contributed by atoms with E-state index in [0.29, 0.717) is 5.56 Å². The van der Waals surface area contributed by atoms with E-state index in [2.05, 4.69) is 5.32 Å². The van der Waals surface area contributed by atoms with Crippen LogP contribution in [0.25, 0.3) is 0 Å². The Hall–Kier alpha value is -2.50. The number of amides is 2. The summed E-state index contributed by atoms with van der Waals surface area (Å²) in [5.74, 6) is 0. The van der Waals surface area contributed by atoms with Crippen molar-refractivity contribution < 1.29 is 18.0 Å². The summed E-state index contributed by atoms with van der Waals surface area (Å²) < 4.78 is 38.6. The van der Waals surface area contributed by atoms with Gasteiger partial charge in [-0.1, -0.05) is 30.3 Å². The molecule has 2 aromatic carbocycles. The summed E-state index contributed by atoms with van der Waals surface area (Å²) in [5.41, 5.74) is 1.65. The number of urea groups is 1. The highest BCUT2D eigenvalue weighted by Gasteiger charge is 2.32. The standard InChI is InChI=1S/C19H19F3N2O/c1-12-10-15-6-3-4-9-17(15)24(12)18(25)23-13(2)14-7-5-8-16(11-14)19(20,21)22/h3-9,11-13H,10H2,1-2H3,(H,23,25). The number of nitrogens with zero attached hydrogens (tertiary/aromatic N) is 1. The van der Waals surface area contributed by atoms with Gasteiger partial charge in [0.1, 0.15) is 0 Å². The summed E-state index contributed by atoms with van der Waals surface area (Å²) >= 11 is 0. The normalized spacial score (nSPS) is 18.0. The second-order valence-electron chi connectivity index (χ2n) is 6.35. The third-order valence-electron chi connectivity index (χ3n) is 4.48. The van der Waals surface area contributed by atoms with Gasteiger partial charge in [0.15, 0.2) is 0 Å². The van der Waals surface area contributed by atoms with Gasteiger partial charge in [0.05, 0.1) is 11.6 Å². The smallest absolute Gasteiger partial charge is 0.331 e. The van der Waals surface area contributed by atoms with E-state index >= 15 is 0 Å². The first-order chi connectivity index (χ1) is 11.8. The van der Waals surface area contributed by atoms with Crippen LogP contribution in [-0.2, 0) is 12.6 Å². The summed E-state index contributed by atoms with van der Waals surface area (Å²) in [6, 6.07) is 11.9. The van der Waals surface area contributed by atoms with Gasteiger partial charge in [-0.2, -0.15) is 13.2 Å². The van der Waals surface area contributed by atoms with Crippen LogP contribution in [0, 0.1) is 0 Å². The van der Waals surface area contributed by atoms with Gasteiger partial charge < -0.3 is 5.32 Å². The largest absolute Gasteiger partial charge is 0.416 e. The molecule has 25 heavy (non-hydrogen) atoms. The van der Waals surface area contributed by atoms with Crippen molar-refractivity contribution in [3.63, 3.8) is 0 Å². The maximum atomic E-state index is 12.9. The Morgan fingerprint density at radius 3 is 2.64 bits per heavy atom. The molecular formula is C19H19F3N2O. The van der Waals surface area contributed by atoms with Crippen molar-refractivity contribution in [2.24, 2.45) is 0 Å². The quantitative estimate of drug-likeness (QED) is 0.820. The molecular weight excluding hydrogens is 329 g/mol. The minimum Gasteiger partial charge on any atom is -0.331 e. The predicted molar refractivity (Wildman–Crippen MR) is 90.5 cm³/mol. The Morgan fingerprint density at radius 2 is 1.92 bits per heavy atom. The van der Waals surface area contributed by atoms with Crippen molar-refractivity contribution in [3.8, 4) is 0 Å². The molecule has 1 aliphatic rings. The Balaban J connectivity index is 1.78. The summed E-state index contributed by atoms with van der Waals surface area (Å²) in [6.45, 7) is 3.63. The molecule has 1 heterocycles. The van der Waals surface area contributed by atoms with Crippen LogP contribution in [0.2, 0.25) is 0 Å². The van der Waals surface area contributed by atoms with Crippen LogP contribution in [0.3, 0.4) is 0 Å². The molecule has 0 aromatic heterocycles. The average Bonchev–Trinajstić information content (AvgIpc) is 2.90. The maximum absolute atomic E-state index is 12.9. The fraction of sp³-hybridized carbons (Fsp3) is 0.316. The number of anilines is 1. The van der Waals surface area contributed by atoms with E-state index in [1.165, 1.54) is 6.07 Å². The summed E-state index contributed by atoms with van der Waals surface area (Å²) in [4.78, 5) is 14.3. The lowest BCUT2D eigenvalue weighted by atomic mass is 10.1. The summed E-state index contributed by atoms with van der Waals surface area (Å²) in [7, 11) is 0. The van der Waals surface area contributed by atoms with Crippen LogP contribution in [0.5, 0.6) is 0 Å². The monoisotopic (exact) mass is 348 g/mol. The van der Waals surface area contributed by atoms with Crippen molar-refractivity contribution >= 4 is 11.7 Å². The molecule has 0 saturated carbocycles. The number of hydrogen-bond donors (Lipinski definition) is 1. The second kappa shape index (κ2) is 6.43. The molecule has 3 nitrogen and oxygen atoms in total. The highest BCUT2D eigenvalue weighted by atomic mass is 19.4. The first kappa shape index (κ1) is 17.3. The lowest BCUT2D eigenvalue weighted by molar-refractivity contribution is -0.137. The number of para-hydroxylation sites is 1. The van der Waals surface area contributed by atoms with E-state index in [-0.39, 0.29) is 12.1 Å². The molecule has 2 atom stereocenters. The molecule has 3 rings (SSSR count). The van der Waals surface area contributed by atoms with Crippen molar-refractivity contribution in [3.05, 3.63) is 65.2 Å². The molecule has 0 saturated heterocycles. The number of rotatable bonds is 2. The van der Waals surface area contributed by atoms with Crippen LogP contribution in [0.1, 0.15) is 36.6 Å². The van der Waals surface area contributed by atoms with Gasteiger partial charge in [-0.3, -0.25) is 4.90 Å². The van der Waals surface area contributed by atoms with Gasteiger partial charge in [-0.25, -0.2) is 4.79 Å². The highest BCUT2D eigenvalue weighted by Crippen LogP contribution is 2.33.